The molecule has 1 heterocycles. The van der Waals surface area contributed by atoms with Crippen LogP contribution in [0.1, 0.15) is 23.2 Å². The number of benzene rings is 2. The maximum atomic E-state index is 12.4. The van der Waals surface area contributed by atoms with Crippen molar-refractivity contribution in [3.63, 3.8) is 0 Å². The van der Waals surface area contributed by atoms with Gasteiger partial charge in [-0.25, -0.2) is 0 Å². The van der Waals surface area contributed by atoms with E-state index in [4.69, 9.17) is 0 Å². The van der Waals surface area contributed by atoms with Crippen LogP contribution in [-0.2, 0) is 9.59 Å². The SMILES string of the molecule is O=C(NCC(=O)N1CCN(C(=O)C2CC2)CC1)c1ccc(-c2ccccc2)cc1. The summed E-state index contributed by atoms with van der Waals surface area (Å²) in [4.78, 5) is 40.4. The molecule has 0 spiro atoms. The lowest BCUT2D eigenvalue weighted by Gasteiger charge is -2.35. The monoisotopic (exact) mass is 391 g/mol. The van der Waals surface area contributed by atoms with Gasteiger partial charge in [0.15, 0.2) is 0 Å². The summed E-state index contributed by atoms with van der Waals surface area (Å²) in [6.07, 6.45) is 1.99. The van der Waals surface area contributed by atoms with Crippen LogP contribution in [-0.4, -0.2) is 60.2 Å². The second-order valence-electron chi connectivity index (χ2n) is 7.61. The molecule has 4 rings (SSSR count). The Morgan fingerprint density at radius 2 is 1.38 bits per heavy atom. The first-order valence-corrected chi connectivity index (χ1v) is 10.1. The molecule has 6 heteroatoms. The second-order valence-corrected chi connectivity index (χ2v) is 7.61. The Bertz CT molecular complexity index is 883. The molecule has 0 atom stereocenters. The van der Waals surface area contributed by atoms with Gasteiger partial charge in [0.25, 0.3) is 5.91 Å². The third-order valence-electron chi connectivity index (χ3n) is 5.53. The molecule has 2 fully saturated rings. The van der Waals surface area contributed by atoms with Crippen molar-refractivity contribution in [1.82, 2.24) is 15.1 Å². The van der Waals surface area contributed by atoms with Gasteiger partial charge in [-0.3, -0.25) is 14.4 Å². The van der Waals surface area contributed by atoms with E-state index in [9.17, 15) is 14.4 Å². The van der Waals surface area contributed by atoms with Gasteiger partial charge in [0, 0.05) is 37.7 Å². The normalized spacial score (nSPS) is 16.4. The number of rotatable bonds is 5. The van der Waals surface area contributed by atoms with Crippen LogP contribution in [0.15, 0.2) is 54.6 Å². The maximum absolute atomic E-state index is 12.4. The van der Waals surface area contributed by atoms with Gasteiger partial charge < -0.3 is 15.1 Å². The highest BCUT2D eigenvalue weighted by Crippen LogP contribution is 2.31. The molecule has 150 valence electrons. The van der Waals surface area contributed by atoms with Crippen molar-refractivity contribution in [2.45, 2.75) is 12.8 Å². The van der Waals surface area contributed by atoms with Gasteiger partial charge in [-0.1, -0.05) is 42.5 Å². The molecule has 2 aromatic rings. The first-order valence-electron chi connectivity index (χ1n) is 10.1. The molecule has 1 aliphatic heterocycles. The Balaban J connectivity index is 1.25. The van der Waals surface area contributed by atoms with Crippen LogP contribution in [0, 0.1) is 5.92 Å². The quantitative estimate of drug-likeness (QED) is 0.849. The van der Waals surface area contributed by atoms with E-state index in [1.165, 1.54) is 0 Å². The summed E-state index contributed by atoms with van der Waals surface area (Å²) in [5.74, 6) is 0.0625. The van der Waals surface area contributed by atoms with Gasteiger partial charge in [0.1, 0.15) is 0 Å². The van der Waals surface area contributed by atoms with E-state index in [0.717, 1.165) is 24.0 Å². The number of carbonyl (C=O) groups is 3. The average molecular weight is 391 g/mol. The number of piperazine rings is 1. The van der Waals surface area contributed by atoms with Gasteiger partial charge in [-0.05, 0) is 36.1 Å². The molecule has 2 aliphatic rings. The highest BCUT2D eigenvalue weighted by molar-refractivity contribution is 5.96. The summed E-state index contributed by atoms with van der Waals surface area (Å²) < 4.78 is 0. The van der Waals surface area contributed by atoms with Crippen molar-refractivity contribution in [2.24, 2.45) is 5.92 Å². The van der Waals surface area contributed by atoms with Crippen LogP contribution in [0.25, 0.3) is 11.1 Å². The van der Waals surface area contributed by atoms with Crippen molar-refractivity contribution in [1.29, 1.82) is 0 Å². The second kappa shape index (κ2) is 8.47. The lowest BCUT2D eigenvalue weighted by atomic mass is 10.0. The summed E-state index contributed by atoms with van der Waals surface area (Å²) in [6, 6.07) is 17.3. The molecule has 0 bridgehead atoms. The van der Waals surface area contributed by atoms with Crippen LogP contribution >= 0.6 is 0 Å². The van der Waals surface area contributed by atoms with Crippen LogP contribution in [0.3, 0.4) is 0 Å². The minimum absolute atomic E-state index is 0.0319. The zero-order valence-electron chi connectivity index (χ0n) is 16.3. The Morgan fingerprint density at radius 1 is 0.793 bits per heavy atom. The van der Waals surface area contributed by atoms with Gasteiger partial charge in [0.05, 0.1) is 6.54 Å². The zero-order chi connectivity index (χ0) is 20.2. The van der Waals surface area contributed by atoms with Crippen molar-refractivity contribution in [3.8, 4) is 11.1 Å². The number of nitrogens with one attached hydrogen (secondary N) is 1. The van der Waals surface area contributed by atoms with E-state index in [0.29, 0.717) is 31.7 Å². The highest BCUT2D eigenvalue weighted by atomic mass is 16.2. The third kappa shape index (κ3) is 4.65. The molecule has 6 nitrogen and oxygen atoms in total. The van der Waals surface area contributed by atoms with Crippen molar-refractivity contribution in [2.75, 3.05) is 32.7 Å². The van der Waals surface area contributed by atoms with Crippen molar-refractivity contribution < 1.29 is 14.4 Å². The first kappa shape index (κ1) is 19.2. The Hall–Kier alpha value is -3.15. The fraction of sp³-hybridized carbons (Fsp3) is 0.348. The molecule has 29 heavy (non-hydrogen) atoms. The minimum Gasteiger partial charge on any atom is -0.343 e. The fourth-order valence-electron chi connectivity index (χ4n) is 3.58. The van der Waals surface area contributed by atoms with Gasteiger partial charge >= 0.3 is 0 Å². The summed E-state index contributed by atoms with van der Waals surface area (Å²) in [7, 11) is 0. The number of amides is 3. The van der Waals surface area contributed by atoms with E-state index < -0.39 is 0 Å². The molecular formula is C23H25N3O3. The average Bonchev–Trinajstić information content (AvgIpc) is 3.63. The molecule has 3 amide bonds. The maximum Gasteiger partial charge on any atom is 0.251 e. The van der Waals surface area contributed by atoms with Gasteiger partial charge in [-0.2, -0.15) is 0 Å². The standard InChI is InChI=1S/C23H25N3O3/c27-21(25-12-14-26(15-13-25)23(29)20-10-11-20)16-24-22(28)19-8-6-18(7-9-19)17-4-2-1-3-5-17/h1-9,20H,10-16H2,(H,24,28). The highest BCUT2D eigenvalue weighted by Gasteiger charge is 2.35. The molecule has 2 aromatic carbocycles. The van der Waals surface area contributed by atoms with Crippen molar-refractivity contribution >= 4 is 17.7 Å². The van der Waals surface area contributed by atoms with E-state index in [1.54, 1.807) is 17.0 Å². The molecule has 1 aliphatic carbocycles. The largest absolute Gasteiger partial charge is 0.343 e. The van der Waals surface area contributed by atoms with Crippen LogP contribution in [0.5, 0.6) is 0 Å². The topological polar surface area (TPSA) is 69.7 Å². The zero-order valence-corrected chi connectivity index (χ0v) is 16.3. The Kier molecular flexibility index (Phi) is 5.60. The van der Waals surface area contributed by atoms with Crippen LogP contribution in [0.2, 0.25) is 0 Å². The predicted octanol–water partition coefficient (Wildman–Crippen LogP) is 2.16. The molecule has 1 N–H and O–H groups in total. The molecular weight excluding hydrogens is 366 g/mol. The third-order valence-corrected chi connectivity index (χ3v) is 5.53. The van der Waals surface area contributed by atoms with Gasteiger partial charge in [-0.15, -0.1) is 0 Å². The Labute approximate surface area is 170 Å². The number of nitrogens with zero attached hydrogens (tertiary/aromatic N) is 2. The molecule has 0 radical (unpaired) electrons. The lowest BCUT2D eigenvalue weighted by Crippen LogP contribution is -2.52. The molecule has 1 saturated carbocycles. The predicted molar refractivity (Wildman–Crippen MR) is 110 cm³/mol. The first-order chi connectivity index (χ1) is 14.1. The number of hydrogen-bond acceptors (Lipinski definition) is 3. The smallest absolute Gasteiger partial charge is 0.251 e. The van der Waals surface area contributed by atoms with E-state index >= 15 is 0 Å². The van der Waals surface area contributed by atoms with Gasteiger partial charge in [0.2, 0.25) is 11.8 Å². The van der Waals surface area contributed by atoms with Crippen molar-refractivity contribution in [3.05, 3.63) is 60.2 Å². The fourth-order valence-corrected chi connectivity index (χ4v) is 3.58. The van der Waals surface area contributed by atoms with Crippen LogP contribution in [0.4, 0.5) is 0 Å². The van der Waals surface area contributed by atoms with Crippen LogP contribution < -0.4 is 5.32 Å². The van der Waals surface area contributed by atoms with E-state index in [-0.39, 0.29) is 30.2 Å². The number of hydrogen-bond donors (Lipinski definition) is 1. The van der Waals surface area contributed by atoms with E-state index in [1.807, 2.05) is 47.4 Å². The summed E-state index contributed by atoms with van der Waals surface area (Å²) >= 11 is 0. The Morgan fingerprint density at radius 3 is 2.00 bits per heavy atom. The minimum atomic E-state index is -0.263. The lowest BCUT2D eigenvalue weighted by molar-refractivity contribution is -0.139. The molecule has 0 aromatic heterocycles. The summed E-state index contributed by atoms with van der Waals surface area (Å²) in [6.45, 7) is 2.18. The summed E-state index contributed by atoms with van der Waals surface area (Å²) in [5, 5.41) is 2.71. The molecule has 1 saturated heterocycles. The number of carbonyl (C=O) groups excluding carboxylic acids is 3. The summed E-state index contributed by atoms with van der Waals surface area (Å²) in [5.41, 5.74) is 2.66. The molecule has 0 unspecified atom stereocenters. The van der Waals surface area contributed by atoms with E-state index in [2.05, 4.69) is 5.32 Å².